The molecular weight excluding hydrogens is 230 g/mol. The van der Waals surface area contributed by atoms with Crippen molar-refractivity contribution in [3.63, 3.8) is 0 Å². The normalized spacial score (nSPS) is 10.6. The van der Waals surface area contributed by atoms with E-state index >= 15 is 0 Å². The van der Waals surface area contributed by atoms with E-state index in [1.807, 2.05) is 13.1 Å². The van der Waals surface area contributed by atoms with Gasteiger partial charge in [-0.1, -0.05) is 13.3 Å². The first-order valence-electron chi connectivity index (χ1n) is 5.91. The summed E-state index contributed by atoms with van der Waals surface area (Å²) in [4.78, 5) is 14.8. The van der Waals surface area contributed by atoms with Crippen molar-refractivity contribution in [3.8, 4) is 0 Å². The van der Waals surface area contributed by atoms with Crippen molar-refractivity contribution in [2.24, 2.45) is 0 Å². The van der Waals surface area contributed by atoms with Crippen LogP contribution in [0.3, 0.4) is 0 Å². The van der Waals surface area contributed by atoms with Gasteiger partial charge in [-0.3, -0.25) is 10.1 Å². The number of hydrogen-bond donors (Lipinski definition) is 1. The lowest BCUT2D eigenvalue weighted by molar-refractivity contribution is -0.384. The van der Waals surface area contributed by atoms with Crippen molar-refractivity contribution in [2.75, 3.05) is 12.4 Å². The average molecular weight is 245 g/mol. The average Bonchev–Trinajstić information content (AvgIpc) is 2.37. The van der Waals surface area contributed by atoms with Gasteiger partial charge in [-0.05, 0) is 24.1 Å². The lowest BCUT2D eigenvalue weighted by atomic mass is 10.1. The minimum absolute atomic E-state index is 0.101. The number of nitrogens with one attached hydrogen (secondary N) is 1. The number of hydrogen-bond acceptors (Lipinski definition) is 4. The highest BCUT2D eigenvalue weighted by Gasteiger charge is 2.09. The van der Waals surface area contributed by atoms with Crippen molar-refractivity contribution >= 4 is 22.4 Å². The van der Waals surface area contributed by atoms with Gasteiger partial charge in [0.2, 0.25) is 0 Å². The summed E-state index contributed by atoms with van der Waals surface area (Å²) in [6, 6.07) is 6.71. The van der Waals surface area contributed by atoms with Crippen LogP contribution in [0.15, 0.2) is 24.3 Å². The summed E-state index contributed by atoms with van der Waals surface area (Å²) in [7, 11) is 1.83. The molecule has 1 aromatic heterocycles. The maximum Gasteiger partial charge on any atom is 0.270 e. The molecule has 5 nitrogen and oxygen atoms in total. The number of nitrogens with zero attached hydrogens (tertiary/aromatic N) is 2. The van der Waals surface area contributed by atoms with Gasteiger partial charge in [-0.25, -0.2) is 4.98 Å². The predicted octanol–water partition coefficient (Wildman–Crippen LogP) is 3.14. The first-order valence-corrected chi connectivity index (χ1v) is 5.91. The standard InChI is InChI=1S/C13H15N3O2/c1-3-4-9-7-10-8-11(16(17)18)5-6-12(10)15-13(9)14-2/h5-8H,3-4H2,1-2H3,(H,14,15). The highest BCUT2D eigenvalue weighted by Crippen LogP contribution is 2.24. The first-order chi connectivity index (χ1) is 8.65. The molecule has 1 heterocycles. The number of fused-ring (bicyclic) bond motifs is 1. The highest BCUT2D eigenvalue weighted by molar-refractivity contribution is 5.83. The molecule has 0 saturated carbocycles. The van der Waals surface area contributed by atoms with Crippen LogP contribution in [0.25, 0.3) is 10.9 Å². The van der Waals surface area contributed by atoms with E-state index in [2.05, 4.69) is 17.2 Å². The Bertz CT molecular complexity index is 596. The Labute approximate surface area is 105 Å². The largest absolute Gasteiger partial charge is 0.373 e. The fourth-order valence-corrected chi connectivity index (χ4v) is 2.00. The SMILES string of the molecule is CCCc1cc2cc([N+](=O)[O-])ccc2nc1NC. The number of nitro benzene ring substituents is 1. The fourth-order valence-electron chi connectivity index (χ4n) is 2.00. The molecule has 0 aliphatic carbocycles. The number of anilines is 1. The number of benzene rings is 1. The zero-order chi connectivity index (χ0) is 13.1. The van der Waals surface area contributed by atoms with Crippen LogP contribution >= 0.6 is 0 Å². The van der Waals surface area contributed by atoms with Crippen LogP contribution in [0.5, 0.6) is 0 Å². The Kier molecular flexibility index (Phi) is 3.41. The maximum atomic E-state index is 10.8. The molecule has 0 atom stereocenters. The molecule has 1 aromatic carbocycles. The molecule has 0 unspecified atom stereocenters. The molecule has 0 fully saturated rings. The van der Waals surface area contributed by atoms with Crippen molar-refractivity contribution in [2.45, 2.75) is 19.8 Å². The van der Waals surface area contributed by atoms with Gasteiger partial charge in [0.25, 0.3) is 5.69 Å². The second kappa shape index (κ2) is 5.00. The molecule has 1 N–H and O–H groups in total. The molecule has 2 aromatic rings. The Morgan fingerprint density at radius 1 is 1.39 bits per heavy atom. The Morgan fingerprint density at radius 2 is 2.17 bits per heavy atom. The van der Waals surface area contributed by atoms with Gasteiger partial charge in [-0.15, -0.1) is 0 Å². The van der Waals surface area contributed by atoms with Crippen LogP contribution < -0.4 is 5.32 Å². The van der Waals surface area contributed by atoms with E-state index in [9.17, 15) is 10.1 Å². The highest BCUT2D eigenvalue weighted by atomic mass is 16.6. The second-order valence-corrected chi connectivity index (χ2v) is 4.13. The van der Waals surface area contributed by atoms with Crippen LogP contribution in [0.4, 0.5) is 11.5 Å². The third kappa shape index (κ3) is 2.25. The van der Waals surface area contributed by atoms with E-state index in [-0.39, 0.29) is 10.6 Å². The molecule has 2 rings (SSSR count). The lowest BCUT2D eigenvalue weighted by Crippen LogP contribution is -1.99. The zero-order valence-electron chi connectivity index (χ0n) is 10.4. The van der Waals surface area contributed by atoms with E-state index in [4.69, 9.17) is 0 Å². The summed E-state index contributed by atoms with van der Waals surface area (Å²) in [5.41, 5.74) is 1.96. The topological polar surface area (TPSA) is 68.1 Å². The number of non-ortho nitro benzene ring substituents is 1. The summed E-state index contributed by atoms with van der Waals surface area (Å²) < 4.78 is 0. The minimum Gasteiger partial charge on any atom is -0.373 e. The third-order valence-corrected chi connectivity index (χ3v) is 2.84. The van der Waals surface area contributed by atoms with Gasteiger partial charge < -0.3 is 5.32 Å². The molecule has 0 aliphatic heterocycles. The van der Waals surface area contributed by atoms with Gasteiger partial charge >= 0.3 is 0 Å². The molecule has 18 heavy (non-hydrogen) atoms. The lowest BCUT2D eigenvalue weighted by Gasteiger charge is -2.09. The number of nitro groups is 1. The summed E-state index contributed by atoms with van der Waals surface area (Å²) in [6.45, 7) is 2.09. The maximum absolute atomic E-state index is 10.8. The first kappa shape index (κ1) is 12.3. The van der Waals surface area contributed by atoms with Gasteiger partial charge in [0.1, 0.15) is 5.82 Å². The summed E-state index contributed by atoms with van der Waals surface area (Å²) in [5, 5.41) is 14.6. The number of aryl methyl sites for hydroxylation is 1. The molecule has 0 radical (unpaired) electrons. The van der Waals surface area contributed by atoms with Crippen LogP contribution in [-0.4, -0.2) is 17.0 Å². The number of rotatable bonds is 4. The van der Waals surface area contributed by atoms with Crippen molar-refractivity contribution in [3.05, 3.63) is 39.9 Å². The third-order valence-electron chi connectivity index (χ3n) is 2.84. The summed E-state index contributed by atoms with van der Waals surface area (Å²) in [6.07, 6.45) is 1.92. The van der Waals surface area contributed by atoms with E-state index < -0.39 is 0 Å². The summed E-state index contributed by atoms with van der Waals surface area (Å²) in [5.74, 6) is 0.846. The van der Waals surface area contributed by atoms with Crippen molar-refractivity contribution in [1.82, 2.24) is 4.98 Å². The number of aromatic nitrogens is 1. The molecule has 0 amide bonds. The monoisotopic (exact) mass is 245 g/mol. The Morgan fingerprint density at radius 3 is 2.78 bits per heavy atom. The Hall–Kier alpha value is -2.17. The molecule has 0 aliphatic rings. The predicted molar refractivity (Wildman–Crippen MR) is 71.9 cm³/mol. The van der Waals surface area contributed by atoms with E-state index in [0.29, 0.717) is 0 Å². The van der Waals surface area contributed by atoms with Gasteiger partial charge in [0.05, 0.1) is 10.4 Å². The summed E-state index contributed by atoms with van der Waals surface area (Å²) >= 11 is 0. The molecular formula is C13H15N3O2. The molecule has 0 saturated heterocycles. The van der Waals surface area contributed by atoms with Crippen LogP contribution in [-0.2, 0) is 6.42 Å². The second-order valence-electron chi connectivity index (χ2n) is 4.13. The Balaban J connectivity index is 2.60. The molecule has 0 bridgehead atoms. The van der Waals surface area contributed by atoms with Gasteiger partial charge in [-0.2, -0.15) is 0 Å². The van der Waals surface area contributed by atoms with Crippen LogP contribution in [0, 0.1) is 10.1 Å². The quantitative estimate of drug-likeness (QED) is 0.663. The molecule has 94 valence electrons. The number of pyridine rings is 1. The van der Waals surface area contributed by atoms with Crippen LogP contribution in [0.2, 0.25) is 0 Å². The van der Waals surface area contributed by atoms with Crippen molar-refractivity contribution < 1.29 is 4.92 Å². The van der Waals surface area contributed by atoms with E-state index in [0.717, 1.165) is 35.1 Å². The molecule has 0 spiro atoms. The molecule has 5 heteroatoms. The smallest absolute Gasteiger partial charge is 0.270 e. The van der Waals surface area contributed by atoms with Crippen LogP contribution in [0.1, 0.15) is 18.9 Å². The van der Waals surface area contributed by atoms with Gasteiger partial charge in [0, 0.05) is 24.6 Å². The van der Waals surface area contributed by atoms with E-state index in [1.165, 1.54) is 6.07 Å². The van der Waals surface area contributed by atoms with E-state index in [1.54, 1.807) is 12.1 Å². The fraction of sp³-hybridized carbons (Fsp3) is 0.308. The van der Waals surface area contributed by atoms with Gasteiger partial charge in [0.15, 0.2) is 0 Å². The van der Waals surface area contributed by atoms with Crippen molar-refractivity contribution in [1.29, 1.82) is 0 Å². The zero-order valence-corrected chi connectivity index (χ0v) is 10.4. The minimum atomic E-state index is -0.384.